The van der Waals surface area contributed by atoms with Crippen LogP contribution in [0.1, 0.15) is 115 Å². The van der Waals surface area contributed by atoms with Crippen LogP contribution in [0.3, 0.4) is 0 Å². The van der Waals surface area contributed by atoms with Crippen molar-refractivity contribution in [3.8, 4) is 0 Å². The van der Waals surface area contributed by atoms with E-state index in [2.05, 4.69) is 32.1 Å². The number of rotatable bonds is 11. The lowest BCUT2D eigenvalue weighted by Gasteiger charge is -2.26. The lowest BCUT2D eigenvalue weighted by atomic mass is 9.79. The molecule has 0 heterocycles. The summed E-state index contributed by atoms with van der Waals surface area (Å²) in [5.74, 6) is 1.01. The molecule has 0 saturated heterocycles. The molecule has 0 radical (unpaired) electrons. The monoisotopic (exact) mass is 442 g/mol. The van der Waals surface area contributed by atoms with Gasteiger partial charge in [0, 0.05) is 5.56 Å². The Bertz CT molecular complexity index is 752. The zero-order valence-electron chi connectivity index (χ0n) is 20.5. The van der Waals surface area contributed by atoms with Crippen molar-refractivity contribution in [3.05, 3.63) is 53.1 Å². The lowest BCUT2D eigenvalue weighted by Crippen LogP contribution is -2.13. The predicted octanol–water partition coefficient (Wildman–Crippen LogP) is 9.82. The number of aryl methyl sites for hydroxylation is 1. The van der Waals surface area contributed by atoms with Crippen LogP contribution in [0.5, 0.6) is 0 Å². The van der Waals surface area contributed by atoms with Gasteiger partial charge in [0.1, 0.15) is 0 Å². The molecule has 0 bridgehead atoms. The van der Waals surface area contributed by atoms with Crippen molar-refractivity contribution in [1.29, 1.82) is 0 Å². The molecule has 0 amide bonds. The highest BCUT2D eigenvalue weighted by Gasteiger charge is 2.20. The summed E-state index contributed by atoms with van der Waals surface area (Å²) in [7, 11) is 0. The van der Waals surface area contributed by atoms with Gasteiger partial charge >= 0.3 is 0 Å². The summed E-state index contributed by atoms with van der Waals surface area (Å²) in [6.45, 7) is 4.47. The van der Waals surface area contributed by atoms with E-state index >= 15 is 0 Å². The Labute approximate surface area is 195 Å². The van der Waals surface area contributed by atoms with Crippen molar-refractivity contribution < 1.29 is 8.78 Å². The van der Waals surface area contributed by atoms with Crippen molar-refractivity contribution in [3.63, 3.8) is 0 Å². The van der Waals surface area contributed by atoms with E-state index in [0.717, 1.165) is 43.6 Å². The summed E-state index contributed by atoms with van der Waals surface area (Å²) in [4.78, 5) is 0. The van der Waals surface area contributed by atoms with Gasteiger partial charge in [-0.3, -0.25) is 0 Å². The van der Waals surface area contributed by atoms with E-state index < -0.39 is 11.6 Å². The maximum Gasteiger partial charge on any atom is 0.166 e. The number of hydrogen-bond donors (Lipinski definition) is 0. The van der Waals surface area contributed by atoms with Gasteiger partial charge in [0.15, 0.2) is 11.6 Å². The summed E-state index contributed by atoms with van der Waals surface area (Å²) in [5, 5.41) is 0. The van der Waals surface area contributed by atoms with Gasteiger partial charge < -0.3 is 0 Å². The van der Waals surface area contributed by atoms with E-state index in [0.29, 0.717) is 29.4 Å². The molecule has 2 aliphatic carbocycles. The van der Waals surface area contributed by atoms with Crippen LogP contribution in [0.2, 0.25) is 0 Å². The van der Waals surface area contributed by atoms with Gasteiger partial charge in [-0.15, -0.1) is 0 Å². The van der Waals surface area contributed by atoms with E-state index in [1.165, 1.54) is 57.8 Å². The van der Waals surface area contributed by atoms with Crippen molar-refractivity contribution in [2.45, 2.75) is 110 Å². The second-order valence-corrected chi connectivity index (χ2v) is 10.3. The first-order chi connectivity index (χ1) is 15.6. The van der Waals surface area contributed by atoms with Crippen molar-refractivity contribution in [2.24, 2.45) is 17.8 Å². The molecule has 2 heteroatoms. The van der Waals surface area contributed by atoms with Crippen LogP contribution in [-0.4, -0.2) is 0 Å². The smallest absolute Gasteiger partial charge is 0.166 e. The summed E-state index contributed by atoms with van der Waals surface area (Å²) in [5.41, 5.74) is 1.97. The molecule has 3 rings (SSSR count). The van der Waals surface area contributed by atoms with E-state index in [9.17, 15) is 8.78 Å². The molecule has 0 aliphatic heterocycles. The minimum Gasteiger partial charge on any atom is -0.203 e. The molecule has 0 nitrogen and oxygen atoms in total. The molecule has 1 aromatic carbocycles. The highest BCUT2D eigenvalue weighted by Crippen LogP contribution is 2.35. The number of benzene rings is 1. The molecule has 1 fully saturated rings. The number of halogens is 2. The second kappa shape index (κ2) is 13.3. The number of hydrogen-bond acceptors (Lipinski definition) is 0. The Morgan fingerprint density at radius 3 is 2.41 bits per heavy atom. The fraction of sp³-hybridized carbons (Fsp3) is 0.667. The Kier molecular flexibility index (Phi) is 10.5. The van der Waals surface area contributed by atoms with Gasteiger partial charge in [0.25, 0.3) is 0 Å². The maximum absolute atomic E-state index is 14.8. The van der Waals surface area contributed by atoms with Crippen molar-refractivity contribution in [2.75, 3.05) is 0 Å². The third kappa shape index (κ3) is 7.29. The van der Waals surface area contributed by atoms with Crippen LogP contribution < -0.4 is 0 Å². The van der Waals surface area contributed by atoms with Crippen LogP contribution in [-0.2, 0) is 6.42 Å². The van der Waals surface area contributed by atoms with Gasteiger partial charge in [-0.25, -0.2) is 8.78 Å². The average Bonchev–Trinajstić information content (AvgIpc) is 2.83. The topological polar surface area (TPSA) is 0 Å². The molecule has 1 atom stereocenters. The van der Waals surface area contributed by atoms with Gasteiger partial charge in [-0.05, 0) is 86.7 Å². The van der Waals surface area contributed by atoms with Gasteiger partial charge in [-0.2, -0.15) is 0 Å². The molecule has 178 valence electrons. The van der Waals surface area contributed by atoms with Crippen LogP contribution in [0.25, 0.3) is 5.57 Å². The highest BCUT2D eigenvalue weighted by molar-refractivity contribution is 5.67. The Morgan fingerprint density at radius 2 is 1.72 bits per heavy atom. The van der Waals surface area contributed by atoms with Crippen molar-refractivity contribution >= 4 is 5.57 Å². The van der Waals surface area contributed by atoms with Gasteiger partial charge in [-0.1, -0.05) is 82.7 Å². The third-order valence-electron chi connectivity index (χ3n) is 7.95. The third-order valence-corrected chi connectivity index (χ3v) is 7.95. The molecule has 2 aliphatic rings. The molecule has 0 spiro atoms. The average molecular weight is 443 g/mol. The van der Waals surface area contributed by atoms with Crippen LogP contribution in [0, 0.1) is 29.4 Å². The Hall–Kier alpha value is -1.44. The molecule has 0 aromatic heterocycles. The Balaban J connectivity index is 1.43. The first-order valence-corrected chi connectivity index (χ1v) is 13.4. The summed E-state index contributed by atoms with van der Waals surface area (Å²) in [6.07, 6.45) is 24.3. The first-order valence-electron chi connectivity index (χ1n) is 13.4. The molecular formula is C30H44F2. The summed E-state index contributed by atoms with van der Waals surface area (Å²) >= 11 is 0. The largest absolute Gasteiger partial charge is 0.203 e. The second-order valence-electron chi connectivity index (χ2n) is 10.3. The predicted molar refractivity (Wildman–Crippen MR) is 134 cm³/mol. The van der Waals surface area contributed by atoms with Crippen LogP contribution in [0.15, 0.2) is 30.4 Å². The molecule has 1 saturated carbocycles. The normalized spacial score (nSPS) is 24.1. The minimum absolute atomic E-state index is 0.475. The molecular weight excluding hydrogens is 398 g/mol. The number of unbranched alkanes of at least 4 members (excludes halogenated alkanes) is 3. The van der Waals surface area contributed by atoms with E-state index in [-0.39, 0.29) is 0 Å². The van der Waals surface area contributed by atoms with Gasteiger partial charge in [0.2, 0.25) is 0 Å². The fourth-order valence-electron chi connectivity index (χ4n) is 5.59. The maximum atomic E-state index is 14.8. The van der Waals surface area contributed by atoms with Crippen LogP contribution >= 0.6 is 0 Å². The molecule has 0 N–H and O–H groups in total. The highest BCUT2D eigenvalue weighted by atomic mass is 19.2. The SMILES string of the molecule is CCCCCCC1CCC(/C=C/CCc2ccc(C3=CCC(CC)CC3)c(F)c2F)CC1. The van der Waals surface area contributed by atoms with Gasteiger partial charge in [0.05, 0.1) is 0 Å². The number of allylic oxidation sites excluding steroid dienone is 4. The quantitative estimate of drug-likeness (QED) is 0.236. The van der Waals surface area contributed by atoms with E-state index in [4.69, 9.17) is 0 Å². The fourth-order valence-corrected chi connectivity index (χ4v) is 5.59. The molecule has 1 unspecified atom stereocenters. The molecule has 1 aromatic rings. The van der Waals surface area contributed by atoms with E-state index in [1.54, 1.807) is 12.1 Å². The molecule has 32 heavy (non-hydrogen) atoms. The van der Waals surface area contributed by atoms with Crippen LogP contribution in [0.4, 0.5) is 8.78 Å². The Morgan fingerprint density at radius 1 is 0.906 bits per heavy atom. The summed E-state index contributed by atoms with van der Waals surface area (Å²) in [6, 6.07) is 3.61. The first kappa shape index (κ1) is 25.2. The summed E-state index contributed by atoms with van der Waals surface area (Å²) < 4.78 is 29.5. The van der Waals surface area contributed by atoms with E-state index in [1.807, 2.05) is 0 Å². The minimum atomic E-state index is -0.648. The lowest BCUT2D eigenvalue weighted by molar-refractivity contribution is 0.288. The standard InChI is InChI=1S/C30H44F2/c1-3-5-6-7-10-24-13-15-25(16-14-24)11-8-9-12-27-21-22-28(30(32)29(27)31)26-19-17-23(4-2)18-20-26/h8,11,19,21-25H,3-7,9-10,12-18,20H2,1-2H3/b11-8+. The zero-order chi connectivity index (χ0) is 22.8. The zero-order valence-corrected chi connectivity index (χ0v) is 20.5. The van der Waals surface area contributed by atoms with Crippen molar-refractivity contribution in [1.82, 2.24) is 0 Å².